The molecule has 2 N–H and O–H groups in total. The molecule has 0 saturated heterocycles. The first-order valence-corrected chi connectivity index (χ1v) is 7.48. The summed E-state index contributed by atoms with van der Waals surface area (Å²) >= 11 is 0. The van der Waals surface area contributed by atoms with Gasteiger partial charge in [-0.05, 0) is 58.4 Å². The molecule has 0 aliphatic heterocycles. The van der Waals surface area contributed by atoms with E-state index < -0.39 is 0 Å². The Bertz CT molecular complexity index is 190. The Morgan fingerprint density at radius 2 is 1.61 bits per heavy atom. The van der Waals surface area contributed by atoms with Gasteiger partial charge in [-0.25, -0.2) is 0 Å². The molecule has 0 amide bonds. The normalized spacial score (nSPS) is 12.7. The highest BCUT2D eigenvalue weighted by atomic mass is 15.2. The number of nitrogens with two attached hydrogens (primary N) is 1. The quantitative estimate of drug-likeness (QED) is 0.577. The topological polar surface area (TPSA) is 32.5 Å². The van der Waals surface area contributed by atoms with Crippen molar-refractivity contribution in [1.29, 1.82) is 0 Å². The van der Waals surface area contributed by atoms with Crippen LogP contribution in [0.3, 0.4) is 0 Å². The summed E-state index contributed by atoms with van der Waals surface area (Å²) in [5.74, 6) is 0. The van der Waals surface area contributed by atoms with Crippen LogP contribution in [0.5, 0.6) is 0 Å². The Morgan fingerprint density at radius 3 is 2.11 bits per heavy atom. The third-order valence-corrected chi connectivity index (χ3v) is 3.53. The second kappa shape index (κ2) is 9.76. The van der Waals surface area contributed by atoms with E-state index in [0.717, 1.165) is 13.1 Å². The average Bonchev–Trinajstić information content (AvgIpc) is 2.31. The van der Waals surface area contributed by atoms with Crippen LogP contribution in [0.2, 0.25) is 0 Å². The lowest BCUT2D eigenvalue weighted by Crippen LogP contribution is -2.33. The first-order chi connectivity index (χ1) is 8.41. The van der Waals surface area contributed by atoms with E-state index in [9.17, 15) is 0 Å². The van der Waals surface area contributed by atoms with Gasteiger partial charge in [0.1, 0.15) is 0 Å². The molecule has 3 nitrogen and oxygen atoms in total. The van der Waals surface area contributed by atoms with Crippen LogP contribution < -0.4 is 5.73 Å². The Morgan fingerprint density at radius 1 is 0.944 bits per heavy atom. The van der Waals surface area contributed by atoms with Gasteiger partial charge in [-0.1, -0.05) is 27.2 Å². The molecule has 0 unspecified atom stereocenters. The monoisotopic (exact) mass is 257 g/mol. The number of likely N-dealkylation sites (N-methyl/N-ethyl adjacent to an activating group) is 1. The molecule has 0 aromatic rings. The molecule has 0 aliphatic carbocycles. The van der Waals surface area contributed by atoms with Crippen LogP contribution in [0, 0.1) is 5.41 Å². The van der Waals surface area contributed by atoms with Crippen LogP contribution >= 0.6 is 0 Å². The van der Waals surface area contributed by atoms with E-state index in [1.54, 1.807) is 0 Å². The molecule has 18 heavy (non-hydrogen) atoms. The molecule has 0 atom stereocenters. The number of hydrogen-bond donors (Lipinski definition) is 1. The van der Waals surface area contributed by atoms with Crippen molar-refractivity contribution in [2.45, 2.75) is 46.5 Å². The van der Waals surface area contributed by atoms with Gasteiger partial charge in [0, 0.05) is 13.1 Å². The Balaban J connectivity index is 3.76. The first kappa shape index (κ1) is 17.9. The average molecular weight is 257 g/mol. The molecule has 0 aliphatic rings. The minimum Gasteiger partial charge on any atom is -0.330 e. The van der Waals surface area contributed by atoms with E-state index in [1.165, 1.54) is 45.3 Å². The van der Waals surface area contributed by atoms with Gasteiger partial charge in [0.05, 0.1) is 0 Å². The van der Waals surface area contributed by atoms with Crippen molar-refractivity contribution in [2.24, 2.45) is 11.1 Å². The van der Waals surface area contributed by atoms with Crippen LogP contribution in [0.15, 0.2) is 0 Å². The van der Waals surface area contributed by atoms with Crippen LogP contribution in [-0.2, 0) is 0 Å². The minimum absolute atomic E-state index is 0.319. The molecule has 110 valence electrons. The maximum Gasteiger partial charge on any atom is 0.0109 e. The molecule has 0 saturated carbocycles. The highest BCUT2D eigenvalue weighted by molar-refractivity contribution is 4.69. The summed E-state index contributed by atoms with van der Waals surface area (Å²) in [4.78, 5) is 4.86. The van der Waals surface area contributed by atoms with Crippen molar-refractivity contribution in [3.8, 4) is 0 Å². The van der Waals surface area contributed by atoms with Gasteiger partial charge in [0.25, 0.3) is 0 Å². The summed E-state index contributed by atoms with van der Waals surface area (Å²) in [5, 5.41) is 0. The molecule has 0 bridgehead atoms. The SMILES string of the molecule is CCCN(CCCCC(C)(C)CN)CCN(C)C. The lowest BCUT2D eigenvalue weighted by molar-refractivity contribution is 0.230. The molecule has 0 aromatic heterocycles. The molecule has 0 fully saturated rings. The summed E-state index contributed by atoms with van der Waals surface area (Å²) in [6.07, 6.45) is 5.10. The maximum atomic E-state index is 5.76. The van der Waals surface area contributed by atoms with Crippen molar-refractivity contribution in [2.75, 3.05) is 46.8 Å². The first-order valence-electron chi connectivity index (χ1n) is 7.48. The van der Waals surface area contributed by atoms with E-state index in [2.05, 4.69) is 44.7 Å². The summed E-state index contributed by atoms with van der Waals surface area (Å²) in [6, 6.07) is 0. The standard InChI is InChI=1S/C15H35N3/c1-6-10-18(13-12-17(4)5)11-8-7-9-15(2,3)14-16/h6-14,16H2,1-5H3. The van der Waals surface area contributed by atoms with Crippen LogP contribution in [0.25, 0.3) is 0 Å². The van der Waals surface area contributed by atoms with E-state index in [0.29, 0.717) is 5.41 Å². The van der Waals surface area contributed by atoms with E-state index in [-0.39, 0.29) is 0 Å². The van der Waals surface area contributed by atoms with Crippen LogP contribution in [0.1, 0.15) is 46.5 Å². The fourth-order valence-electron chi connectivity index (χ4n) is 2.03. The third kappa shape index (κ3) is 9.86. The van der Waals surface area contributed by atoms with Gasteiger partial charge in [-0.15, -0.1) is 0 Å². The molecule has 0 radical (unpaired) electrons. The molecular weight excluding hydrogens is 222 g/mol. The second-order valence-corrected chi connectivity index (χ2v) is 6.47. The number of rotatable bonds is 11. The Kier molecular flexibility index (Phi) is 9.70. The molecule has 0 spiro atoms. The van der Waals surface area contributed by atoms with Gasteiger partial charge in [0.15, 0.2) is 0 Å². The van der Waals surface area contributed by atoms with Crippen molar-refractivity contribution in [3.63, 3.8) is 0 Å². The predicted octanol–water partition coefficient (Wildman–Crippen LogP) is 2.42. The summed E-state index contributed by atoms with van der Waals surface area (Å²) in [5.41, 5.74) is 6.08. The molecule has 3 heteroatoms. The van der Waals surface area contributed by atoms with Gasteiger partial charge in [-0.2, -0.15) is 0 Å². The Hall–Kier alpha value is -0.120. The Labute approximate surface area is 115 Å². The summed E-state index contributed by atoms with van der Waals surface area (Å²) in [7, 11) is 4.29. The summed E-state index contributed by atoms with van der Waals surface area (Å²) < 4.78 is 0. The highest BCUT2D eigenvalue weighted by Gasteiger charge is 2.14. The lowest BCUT2D eigenvalue weighted by atomic mass is 9.87. The zero-order chi connectivity index (χ0) is 14.0. The van der Waals surface area contributed by atoms with Gasteiger partial charge >= 0.3 is 0 Å². The third-order valence-electron chi connectivity index (χ3n) is 3.53. The van der Waals surface area contributed by atoms with E-state index in [4.69, 9.17) is 5.73 Å². The molecular formula is C15H35N3. The van der Waals surface area contributed by atoms with Crippen molar-refractivity contribution >= 4 is 0 Å². The zero-order valence-corrected chi connectivity index (χ0v) is 13.3. The molecule has 0 rings (SSSR count). The minimum atomic E-state index is 0.319. The zero-order valence-electron chi connectivity index (χ0n) is 13.3. The molecule has 0 aromatic carbocycles. The highest BCUT2D eigenvalue weighted by Crippen LogP contribution is 2.21. The largest absolute Gasteiger partial charge is 0.330 e. The van der Waals surface area contributed by atoms with E-state index >= 15 is 0 Å². The second-order valence-electron chi connectivity index (χ2n) is 6.47. The fourth-order valence-corrected chi connectivity index (χ4v) is 2.03. The molecule has 0 heterocycles. The number of hydrogen-bond acceptors (Lipinski definition) is 3. The van der Waals surface area contributed by atoms with Crippen LogP contribution in [-0.4, -0.2) is 56.6 Å². The van der Waals surface area contributed by atoms with Crippen molar-refractivity contribution in [3.05, 3.63) is 0 Å². The van der Waals surface area contributed by atoms with Gasteiger partial charge < -0.3 is 15.5 Å². The number of nitrogens with zero attached hydrogens (tertiary/aromatic N) is 2. The maximum absolute atomic E-state index is 5.76. The fraction of sp³-hybridized carbons (Fsp3) is 1.00. The van der Waals surface area contributed by atoms with Gasteiger partial charge in [0.2, 0.25) is 0 Å². The van der Waals surface area contributed by atoms with Crippen molar-refractivity contribution in [1.82, 2.24) is 9.80 Å². The van der Waals surface area contributed by atoms with Crippen molar-refractivity contribution < 1.29 is 0 Å². The smallest absolute Gasteiger partial charge is 0.0109 e. The number of unbranched alkanes of at least 4 members (excludes halogenated alkanes) is 1. The summed E-state index contributed by atoms with van der Waals surface area (Å²) in [6.45, 7) is 12.4. The van der Waals surface area contributed by atoms with Crippen LogP contribution in [0.4, 0.5) is 0 Å². The van der Waals surface area contributed by atoms with E-state index in [1.807, 2.05) is 0 Å². The van der Waals surface area contributed by atoms with Gasteiger partial charge in [-0.3, -0.25) is 0 Å². The lowest BCUT2D eigenvalue weighted by Gasteiger charge is -2.25. The predicted molar refractivity (Wildman–Crippen MR) is 82.0 cm³/mol.